The van der Waals surface area contributed by atoms with E-state index in [1.165, 1.54) is 6.07 Å². The van der Waals surface area contributed by atoms with Gasteiger partial charge in [-0.05, 0) is 31.9 Å². The third-order valence-corrected chi connectivity index (χ3v) is 4.29. The number of nitrogens with zero attached hydrogens (tertiary/aromatic N) is 2. The Morgan fingerprint density at radius 3 is 2.67 bits per heavy atom. The second kappa shape index (κ2) is 7.47. The number of likely N-dealkylation sites (tertiary alicyclic amines) is 1. The van der Waals surface area contributed by atoms with Crippen molar-refractivity contribution < 1.29 is 18.4 Å². The Balaban J connectivity index is 1.75. The van der Waals surface area contributed by atoms with Crippen molar-refractivity contribution in [3.8, 4) is 5.75 Å². The Bertz CT molecular complexity index is 706. The van der Waals surface area contributed by atoms with E-state index in [-0.39, 0.29) is 24.0 Å². The molecule has 0 N–H and O–H groups in total. The molecular weight excluding hydrogens is 311 g/mol. The zero-order valence-electron chi connectivity index (χ0n) is 13.8. The SMILES string of the molecule is Cc1onc(C(=O)N2CCCCCC2)c1COc1ccccc1F. The quantitative estimate of drug-likeness (QED) is 0.856. The average molecular weight is 332 g/mol. The van der Waals surface area contributed by atoms with Crippen LogP contribution in [0.5, 0.6) is 5.75 Å². The van der Waals surface area contributed by atoms with Crippen LogP contribution in [0.4, 0.5) is 4.39 Å². The number of benzene rings is 1. The molecular formula is C18H21FN2O3. The molecule has 0 saturated carbocycles. The molecule has 128 valence electrons. The van der Waals surface area contributed by atoms with Gasteiger partial charge in [-0.15, -0.1) is 0 Å². The minimum absolute atomic E-state index is 0.0468. The summed E-state index contributed by atoms with van der Waals surface area (Å²) in [6.07, 6.45) is 4.29. The van der Waals surface area contributed by atoms with E-state index in [0.717, 1.165) is 38.8 Å². The molecule has 6 heteroatoms. The van der Waals surface area contributed by atoms with Gasteiger partial charge in [-0.2, -0.15) is 0 Å². The Hall–Kier alpha value is -2.37. The molecule has 1 fully saturated rings. The average Bonchev–Trinajstić information content (AvgIpc) is 2.78. The van der Waals surface area contributed by atoms with E-state index < -0.39 is 5.82 Å². The summed E-state index contributed by atoms with van der Waals surface area (Å²) in [6.45, 7) is 3.24. The summed E-state index contributed by atoms with van der Waals surface area (Å²) in [5, 5.41) is 3.92. The highest BCUT2D eigenvalue weighted by atomic mass is 19.1. The van der Waals surface area contributed by atoms with Crippen molar-refractivity contribution in [2.75, 3.05) is 13.1 Å². The van der Waals surface area contributed by atoms with Crippen LogP contribution in [0.15, 0.2) is 28.8 Å². The number of carbonyl (C=O) groups excluding carboxylic acids is 1. The van der Waals surface area contributed by atoms with Crippen molar-refractivity contribution in [2.24, 2.45) is 0 Å². The van der Waals surface area contributed by atoms with Gasteiger partial charge in [0.1, 0.15) is 12.4 Å². The number of amides is 1. The molecule has 5 nitrogen and oxygen atoms in total. The molecule has 1 amide bonds. The normalized spacial score (nSPS) is 15.2. The predicted octanol–water partition coefficient (Wildman–Crippen LogP) is 3.72. The number of aryl methyl sites for hydroxylation is 1. The molecule has 2 heterocycles. The first-order valence-electron chi connectivity index (χ1n) is 8.28. The highest BCUT2D eigenvalue weighted by molar-refractivity contribution is 5.93. The summed E-state index contributed by atoms with van der Waals surface area (Å²) in [7, 11) is 0. The molecule has 1 aromatic heterocycles. The van der Waals surface area contributed by atoms with Gasteiger partial charge >= 0.3 is 0 Å². The first-order valence-corrected chi connectivity index (χ1v) is 8.28. The lowest BCUT2D eigenvalue weighted by molar-refractivity contribution is 0.0748. The Morgan fingerprint density at radius 2 is 1.96 bits per heavy atom. The summed E-state index contributed by atoms with van der Waals surface area (Å²) >= 11 is 0. The van der Waals surface area contributed by atoms with Gasteiger partial charge in [-0.25, -0.2) is 4.39 Å². The molecule has 0 radical (unpaired) electrons. The van der Waals surface area contributed by atoms with Crippen LogP contribution in [0.1, 0.15) is 47.5 Å². The molecule has 1 aliphatic rings. The summed E-state index contributed by atoms with van der Waals surface area (Å²) < 4.78 is 24.4. The minimum atomic E-state index is -0.438. The lowest BCUT2D eigenvalue weighted by Gasteiger charge is -2.19. The standard InChI is InChI=1S/C18H21FN2O3/c1-13-14(12-23-16-9-5-4-8-15(16)19)17(20-24-13)18(22)21-10-6-2-3-7-11-21/h4-5,8-9H,2-3,6-7,10-12H2,1H3. The van der Waals surface area contributed by atoms with Crippen molar-refractivity contribution in [2.45, 2.75) is 39.2 Å². The first kappa shape index (κ1) is 16.5. The highest BCUT2D eigenvalue weighted by Gasteiger charge is 2.25. The second-order valence-corrected chi connectivity index (χ2v) is 5.99. The van der Waals surface area contributed by atoms with Crippen LogP contribution in [-0.4, -0.2) is 29.1 Å². The van der Waals surface area contributed by atoms with E-state index in [4.69, 9.17) is 9.26 Å². The van der Waals surface area contributed by atoms with Gasteiger partial charge in [0.15, 0.2) is 17.3 Å². The van der Waals surface area contributed by atoms with Gasteiger partial charge in [0.2, 0.25) is 0 Å². The third kappa shape index (κ3) is 3.58. The minimum Gasteiger partial charge on any atom is -0.486 e. The van der Waals surface area contributed by atoms with Crippen LogP contribution in [0.2, 0.25) is 0 Å². The Labute approximate surface area is 140 Å². The van der Waals surface area contributed by atoms with Gasteiger partial charge in [-0.1, -0.05) is 30.1 Å². The number of para-hydroxylation sites is 1. The number of carbonyl (C=O) groups is 1. The van der Waals surface area contributed by atoms with E-state index in [0.29, 0.717) is 11.3 Å². The summed E-state index contributed by atoms with van der Waals surface area (Å²) in [5.41, 5.74) is 0.846. The van der Waals surface area contributed by atoms with Crippen LogP contribution in [0.25, 0.3) is 0 Å². The van der Waals surface area contributed by atoms with Gasteiger partial charge in [0.25, 0.3) is 5.91 Å². The third-order valence-electron chi connectivity index (χ3n) is 4.29. The van der Waals surface area contributed by atoms with Crippen molar-refractivity contribution in [3.63, 3.8) is 0 Å². The predicted molar refractivity (Wildman–Crippen MR) is 86.3 cm³/mol. The maximum absolute atomic E-state index is 13.7. The number of aromatic nitrogens is 1. The Morgan fingerprint density at radius 1 is 1.25 bits per heavy atom. The topological polar surface area (TPSA) is 55.6 Å². The molecule has 0 atom stereocenters. The fraction of sp³-hybridized carbons (Fsp3) is 0.444. The molecule has 1 saturated heterocycles. The monoisotopic (exact) mass is 332 g/mol. The molecule has 3 rings (SSSR count). The van der Waals surface area contributed by atoms with E-state index in [1.807, 2.05) is 4.90 Å². The molecule has 0 spiro atoms. The second-order valence-electron chi connectivity index (χ2n) is 5.99. The van der Waals surface area contributed by atoms with E-state index in [9.17, 15) is 9.18 Å². The zero-order valence-corrected chi connectivity index (χ0v) is 13.8. The summed E-state index contributed by atoms with van der Waals surface area (Å²) in [6, 6.07) is 6.18. The molecule has 0 unspecified atom stereocenters. The fourth-order valence-electron chi connectivity index (χ4n) is 2.86. The smallest absolute Gasteiger partial charge is 0.276 e. The fourth-order valence-corrected chi connectivity index (χ4v) is 2.86. The molecule has 1 aromatic carbocycles. The molecule has 1 aliphatic heterocycles. The van der Waals surface area contributed by atoms with Crippen LogP contribution in [0.3, 0.4) is 0 Å². The van der Waals surface area contributed by atoms with Gasteiger partial charge in [-0.3, -0.25) is 4.79 Å². The number of ether oxygens (including phenoxy) is 1. The number of hydrogen-bond donors (Lipinski definition) is 0. The molecule has 0 aliphatic carbocycles. The number of halogens is 1. The van der Waals surface area contributed by atoms with Crippen LogP contribution in [-0.2, 0) is 6.61 Å². The van der Waals surface area contributed by atoms with Gasteiger partial charge < -0.3 is 14.2 Å². The van der Waals surface area contributed by atoms with Gasteiger partial charge in [0.05, 0.1) is 5.56 Å². The largest absolute Gasteiger partial charge is 0.486 e. The zero-order chi connectivity index (χ0) is 16.9. The lowest BCUT2D eigenvalue weighted by atomic mass is 10.2. The number of rotatable bonds is 4. The van der Waals surface area contributed by atoms with Crippen molar-refractivity contribution >= 4 is 5.91 Å². The number of hydrogen-bond acceptors (Lipinski definition) is 4. The van der Waals surface area contributed by atoms with Crippen LogP contribution >= 0.6 is 0 Å². The first-order chi connectivity index (χ1) is 11.7. The molecule has 24 heavy (non-hydrogen) atoms. The van der Waals surface area contributed by atoms with Crippen molar-refractivity contribution in [1.29, 1.82) is 0 Å². The highest BCUT2D eigenvalue weighted by Crippen LogP contribution is 2.22. The van der Waals surface area contributed by atoms with E-state index >= 15 is 0 Å². The van der Waals surface area contributed by atoms with Crippen molar-refractivity contribution in [3.05, 3.63) is 47.1 Å². The van der Waals surface area contributed by atoms with E-state index in [2.05, 4.69) is 5.16 Å². The molecule has 2 aromatic rings. The summed E-state index contributed by atoms with van der Waals surface area (Å²) in [4.78, 5) is 14.6. The van der Waals surface area contributed by atoms with E-state index in [1.54, 1.807) is 25.1 Å². The summed E-state index contributed by atoms with van der Waals surface area (Å²) in [5.74, 6) is 0.0867. The van der Waals surface area contributed by atoms with Crippen LogP contribution in [0, 0.1) is 12.7 Å². The lowest BCUT2D eigenvalue weighted by Crippen LogP contribution is -2.32. The molecule has 0 bridgehead atoms. The Kier molecular flexibility index (Phi) is 5.13. The maximum Gasteiger partial charge on any atom is 0.276 e. The van der Waals surface area contributed by atoms with Crippen molar-refractivity contribution in [1.82, 2.24) is 10.1 Å². The maximum atomic E-state index is 13.7. The van der Waals surface area contributed by atoms with Crippen LogP contribution < -0.4 is 4.74 Å². The van der Waals surface area contributed by atoms with Gasteiger partial charge in [0, 0.05) is 13.1 Å².